The molecule has 8 heteroatoms. The van der Waals surface area contributed by atoms with E-state index in [2.05, 4.69) is 62.8 Å². The van der Waals surface area contributed by atoms with Crippen LogP contribution in [0.15, 0.2) is 27.6 Å². The number of halogens is 1. The lowest BCUT2D eigenvalue weighted by Crippen LogP contribution is -2.42. The van der Waals surface area contributed by atoms with Crippen LogP contribution in [0.1, 0.15) is 67.9 Å². The van der Waals surface area contributed by atoms with Gasteiger partial charge in [0, 0.05) is 5.56 Å². The van der Waals surface area contributed by atoms with Gasteiger partial charge in [-0.1, -0.05) is 19.9 Å². The Labute approximate surface area is 238 Å². The molecule has 2 amide bonds. The molecule has 1 fully saturated rings. The maximum absolute atomic E-state index is 11.8. The molecule has 0 bridgehead atoms. The lowest BCUT2D eigenvalue weighted by Gasteiger charge is -2.38. The highest BCUT2D eigenvalue weighted by Crippen LogP contribution is 2.44. The number of hydrogen-bond donors (Lipinski definition) is 1. The Morgan fingerprint density at radius 3 is 2.58 bits per heavy atom. The third-order valence-electron chi connectivity index (χ3n) is 7.16. The van der Waals surface area contributed by atoms with Gasteiger partial charge in [0.1, 0.15) is 29.5 Å². The number of benzene rings is 2. The maximum Gasteiger partial charge on any atom is 0.290 e. The van der Waals surface area contributed by atoms with Gasteiger partial charge >= 0.3 is 0 Å². The fourth-order valence-electron chi connectivity index (χ4n) is 4.79. The lowest BCUT2D eigenvalue weighted by molar-refractivity contribution is -0.115. The first-order valence-electron chi connectivity index (χ1n) is 13.1. The molecule has 2 aliphatic heterocycles. The molecule has 0 spiro atoms. The van der Waals surface area contributed by atoms with Crippen molar-refractivity contribution >= 4 is 44.9 Å². The second kappa shape index (κ2) is 11.7. The molecule has 2 heterocycles. The third-order valence-corrected chi connectivity index (χ3v) is 8.59. The van der Waals surface area contributed by atoms with Crippen molar-refractivity contribution in [1.82, 2.24) is 5.32 Å². The number of ether oxygens (including phenoxy) is 3. The Kier molecular flexibility index (Phi) is 8.82. The molecule has 0 saturated carbocycles. The number of hydrogen-bond acceptors (Lipinski definition) is 6. The van der Waals surface area contributed by atoms with Gasteiger partial charge < -0.3 is 14.2 Å². The Morgan fingerprint density at radius 1 is 1.16 bits per heavy atom. The fourth-order valence-corrected chi connectivity index (χ4v) is 5.99. The lowest BCUT2D eigenvalue weighted by atomic mass is 9.87. The highest BCUT2D eigenvalue weighted by atomic mass is 79.9. The van der Waals surface area contributed by atoms with E-state index in [-0.39, 0.29) is 11.1 Å². The van der Waals surface area contributed by atoms with Gasteiger partial charge in [0.05, 0.1) is 16.0 Å². The van der Waals surface area contributed by atoms with Crippen LogP contribution in [-0.4, -0.2) is 30.0 Å². The SMILES string of the molecule is Cc1c(C)c2c(c(C)c1OCCCC(C)C)CCC(C)(COc1ccc(/C=C3/SC(=O)NC3=O)cc1Br)O2. The van der Waals surface area contributed by atoms with Crippen LogP contribution >= 0.6 is 27.7 Å². The monoisotopic (exact) mass is 601 g/mol. The van der Waals surface area contributed by atoms with E-state index in [0.717, 1.165) is 76.7 Å². The number of carbonyl (C=O) groups excluding carboxylic acids is 2. The summed E-state index contributed by atoms with van der Waals surface area (Å²) in [6.07, 6.45) is 5.64. The summed E-state index contributed by atoms with van der Waals surface area (Å²) in [5, 5.41) is 1.92. The molecule has 2 aliphatic rings. The first-order chi connectivity index (χ1) is 18.0. The molecule has 1 unspecified atom stereocenters. The minimum absolute atomic E-state index is 0.353. The van der Waals surface area contributed by atoms with Gasteiger partial charge in [-0.2, -0.15) is 0 Å². The molecule has 4 rings (SSSR count). The summed E-state index contributed by atoms with van der Waals surface area (Å²) in [7, 11) is 0. The van der Waals surface area contributed by atoms with Crippen molar-refractivity contribution in [1.29, 1.82) is 0 Å². The van der Waals surface area contributed by atoms with Crippen molar-refractivity contribution in [3.63, 3.8) is 0 Å². The average Bonchev–Trinajstić information content (AvgIpc) is 3.17. The average molecular weight is 603 g/mol. The van der Waals surface area contributed by atoms with Crippen molar-refractivity contribution in [2.45, 2.75) is 72.8 Å². The van der Waals surface area contributed by atoms with Gasteiger partial charge in [0.15, 0.2) is 0 Å². The molecule has 2 aromatic rings. The van der Waals surface area contributed by atoms with Gasteiger partial charge in [-0.05, 0) is 127 Å². The molecule has 2 aromatic carbocycles. The van der Waals surface area contributed by atoms with Crippen LogP contribution in [0.2, 0.25) is 0 Å². The maximum atomic E-state index is 11.8. The van der Waals surface area contributed by atoms with Gasteiger partial charge in [-0.3, -0.25) is 14.9 Å². The number of carbonyl (C=O) groups is 2. The van der Waals surface area contributed by atoms with E-state index in [1.807, 2.05) is 18.2 Å². The highest BCUT2D eigenvalue weighted by Gasteiger charge is 2.36. The summed E-state index contributed by atoms with van der Waals surface area (Å²) in [4.78, 5) is 23.6. The minimum atomic E-state index is -0.477. The molecule has 0 aliphatic carbocycles. The number of amides is 2. The fraction of sp³-hybridized carbons (Fsp3) is 0.467. The molecule has 1 N–H and O–H groups in total. The van der Waals surface area contributed by atoms with Crippen LogP contribution in [0.3, 0.4) is 0 Å². The van der Waals surface area contributed by atoms with Crippen LogP contribution in [-0.2, 0) is 11.2 Å². The molecule has 6 nitrogen and oxygen atoms in total. The number of fused-ring (bicyclic) bond motifs is 1. The molecular formula is C30H36BrNO5S. The summed E-state index contributed by atoms with van der Waals surface area (Å²) in [5.74, 6) is 2.96. The largest absolute Gasteiger partial charge is 0.493 e. The van der Waals surface area contributed by atoms with Crippen LogP contribution < -0.4 is 19.5 Å². The first kappa shape index (κ1) is 28.6. The van der Waals surface area contributed by atoms with Crippen molar-refractivity contribution in [2.24, 2.45) is 5.92 Å². The Bertz CT molecular complexity index is 1290. The van der Waals surface area contributed by atoms with Crippen LogP contribution in [0.5, 0.6) is 17.2 Å². The van der Waals surface area contributed by atoms with E-state index < -0.39 is 5.60 Å². The molecule has 1 atom stereocenters. The molecule has 0 aromatic heterocycles. The summed E-state index contributed by atoms with van der Waals surface area (Å²) in [6, 6.07) is 5.60. The van der Waals surface area contributed by atoms with Gasteiger partial charge in [0.2, 0.25) is 0 Å². The zero-order valence-corrected chi connectivity index (χ0v) is 25.4. The quantitative estimate of drug-likeness (QED) is 0.235. The van der Waals surface area contributed by atoms with Crippen molar-refractivity contribution in [3.8, 4) is 17.2 Å². The van der Waals surface area contributed by atoms with Crippen molar-refractivity contribution in [3.05, 3.63) is 55.4 Å². The Hall–Kier alpha value is -2.45. The van der Waals surface area contributed by atoms with Gasteiger partial charge in [0.25, 0.3) is 11.1 Å². The normalized spacial score (nSPS) is 19.9. The van der Waals surface area contributed by atoms with E-state index in [9.17, 15) is 9.59 Å². The smallest absolute Gasteiger partial charge is 0.290 e. The Morgan fingerprint density at radius 2 is 1.92 bits per heavy atom. The zero-order valence-electron chi connectivity index (χ0n) is 23.0. The standard InChI is InChI=1S/C30H36BrNO5S/c1-17(2)8-7-13-35-26-18(3)19(4)27-22(20(26)5)11-12-30(6,37-27)16-36-24-10-9-21(14-23(24)31)15-25-28(33)32-29(34)38-25/h9-10,14-15,17H,7-8,11-13,16H2,1-6H3,(H,32,33,34)/b25-15+. The van der Waals surface area contributed by atoms with Crippen LogP contribution in [0.4, 0.5) is 4.79 Å². The summed E-state index contributed by atoms with van der Waals surface area (Å²) in [6.45, 7) is 14.1. The van der Waals surface area contributed by atoms with Crippen molar-refractivity contribution in [2.75, 3.05) is 13.2 Å². The predicted octanol–water partition coefficient (Wildman–Crippen LogP) is 7.68. The molecule has 1 saturated heterocycles. The highest BCUT2D eigenvalue weighted by molar-refractivity contribution is 9.10. The summed E-state index contributed by atoms with van der Waals surface area (Å²) >= 11 is 4.48. The van der Waals surface area contributed by atoms with Crippen LogP contribution in [0.25, 0.3) is 6.08 Å². The third kappa shape index (κ3) is 6.40. The van der Waals surface area contributed by atoms with E-state index in [1.54, 1.807) is 6.08 Å². The summed E-state index contributed by atoms with van der Waals surface area (Å²) in [5.41, 5.74) is 5.00. The van der Waals surface area contributed by atoms with Crippen molar-refractivity contribution < 1.29 is 23.8 Å². The van der Waals surface area contributed by atoms with E-state index in [1.165, 1.54) is 11.1 Å². The van der Waals surface area contributed by atoms with Crippen LogP contribution in [0, 0.1) is 26.7 Å². The summed E-state index contributed by atoms with van der Waals surface area (Å²) < 4.78 is 19.9. The number of rotatable bonds is 9. The molecular weight excluding hydrogens is 566 g/mol. The Balaban J connectivity index is 1.44. The van der Waals surface area contributed by atoms with Gasteiger partial charge in [-0.25, -0.2) is 0 Å². The number of thioether (sulfide) groups is 1. The zero-order chi connectivity index (χ0) is 27.6. The number of imide groups is 1. The van der Waals surface area contributed by atoms with E-state index >= 15 is 0 Å². The van der Waals surface area contributed by atoms with E-state index in [0.29, 0.717) is 23.2 Å². The molecule has 0 radical (unpaired) electrons. The van der Waals surface area contributed by atoms with E-state index in [4.69, 9.17) is 14.2 Å². The molecule has 38 heavy (non-hydrogen) atoms. The predicted molar refractivity (Wildman–Crippen MR) is 156 cm³/mol. The van der Waals surface area contributed by atoms with Gasteiger partial charge in [-0.15, -0.1) is 0 Å². The first-order valence-corrected chi connectivity index (χ1v) is 14.7. The minimum Gasteiger partial charge on any atom is -0.493 e. The number of nitrogens with one attached hydrogen (secondary N) is 1. The topological polar surface area (TPSA) is 73.9 Å². The second-order valence-corrected chi connectivity index (χ2v) is 12.6. The molecule has 204 valence electrons. The second-order valence-electron chi connectivity index (χ2n) is 10.8.